The van der Waals surface area contributed by atoms with Gasteiger partial charge in [-0.05, 0) is 43.1 Å². The number of nitrogens with zero attached hydrogens (tertiary/aromatic N) is 1. The third-order valence-corrected chi connectivity index (χ3v) is 3.84. The zero-order chi connectivity index (χ0) is 18.5. The minimum atomic E-state index is -4.39. The second kappa shape index (κ2) is 8.27. The molecule has 1 aliphatic heterocycles. The number of hydrogen-bond donors (Lipinski definition) is 1. The second-order valence-corrected chi connectivity index (χ2v) is 6.19. The first-order chi connectivity index (χ1) is 11.6. The summed E-state index contributed by atoms with van der Waals surface area (Å²) in [6, 6.07) is 6.31. The number of likely N-dealkylation sites (tertiary alicyclic amines) is 1. The van der Waals surface area contributed by atoms with Gasteiger partial charge in [0, 0.05) is 13.1 Å². The van der Waals surface area contributed by atoms with Crippen LogP contribution >= 0.6 is 0 Å². The summed E-state index contributed by atoms with van der Waals surface area (Å²) in [6.07, 6.45) is -7.88. The van der Waals surface area contributed by atoms with Crippen LogP contribution in [0.3, 0.4) is 0 Å². The molecular formula is C16H20F6N2O. The monoisotopic (exact) mass is 370 g/mol. The molecule has 1 aliphatic rings. The van der Waals surface area contributed by atoms with Crippen molar-refractivity contribution in [1.29, 1.82) is 0 Å². The molecule has 1 N–H and O–H groups in total. The van der Waals surface area contributed by atoms with E-state index in [0.29, 0.717) is 32.6 Å². The van der Waals surface area contributed by atoms with Gasteiger partial charge in [-0.2, -0.15) is 26.3 Å². The van der Waals surface area contributed by atoms with Gasteiger partial charge >= 0.3 is 12.4 Å². The molecule has 0 aromatic heterocycles. The van der Waals surface area contributed by atoms with Crippen LogP contribution in [0.25, 0.3) is 0 Å². The number of ether oxygens (including phenoxy) is 1. The van der Waals surface area contributed by atoms with Gasteiger partial charge in [0.25, 0.3) is 0 Å². The Morgan fingerprint density at radius 3 is 2.56 bits per heavy atom. The van der Waals surface area contributed by atoms with Gasteiger partial charge in [-0.3, -0.25) is 4.90 Å². The summed E-state index contributed by atoms with van der Waals surface area (Å²) < 4.78 is 78.1. The smallest absolute Gasteiger partial charge is 0.422 e. The van der Waals surface area contributed by atoms with Crippen molar-refractivity contribution in [2.45, 2.75) is 25.3 Å². The average molecular weight is 370 g/mol. The molecule has 2 rings (SSSR count). The Morgan fingerprint density at radius 2 is 1.88 bits per heavy atom. The van der Waals surface area contributed by atoms with Crippen LogP contribution in [0.15, 0.2) is 24.3 Å². The number of halogens is 6. The van der Waals surface area contributed by atoms with Crippen LogP contribution < -0.4 is 10.1 Å². The lowest BCUT2D eigenvalue weighted by molar-refractivity contribution is -0.153. The molecule has 1 unspecified atom stereocenters. The Hall–Kier alpha value is -1.48. The predicted molar refractivity (Wildman–Crippen MR) is 80.3 cm³/mol. The molecule has 142 valence electrons. The topological polar surface area (TPSA) is 24.5 Å². The van der Waals surface area contributed by atoms with Gasteiger partial charge in [-0.25, -0.2) is 0 Å². The fraction of sp³-hybridized carbons (Fsp3) is 0.625. The van der Waals surface area contributed by atoms with Gasteiger partial charge in [-0.15, -0.1) is 0 Å². The standard InChI is InChI=1S/C16H20F6N2O/c17-15(18,19)10-24-5-4-13(9-24)8-23-7-12-2-1-3-14(6-12)25-11-16(20,21)22/h1-3,6,13,23H,4-5,7-11H2. The van der Waals surface area contributed by atoms with E-state index in [1.807, 2.05) is 0 Å². The number of nitrogens with one attached hydrogen (secondary N) is 1. The normalized spacial score (nSPS) is 19.4. The summed E-state index contributed by atoms with van der Waals surface area (Å²) in [7, 11) is 0. The first-order valence-corrected chi connectivity index (χ1v) is 7.89. The molecule has 1 saturated heterocycles. The second-order valence-electron chi connectivity index (χ2n) is 6.19. The molecule has 0 spiro atoms. The number of hydrogen-bond acceptors (Lipinski definition) is 3. The Balaban J connectivity index is 1.72. The molecule has 0 bridgehead atoms. The van der Waals surface area contributed by atoms with Crippen LogP contribution in [0, 0.1) is 5.92 Å². The van der Waals surface area contributed by atoms with Crippen LogP contribution in [0.4, 0.5) is 26.3 Å². The molecule has 0 aliphatic carbocycles. The lowest BCUT2D eigenvalue weighted by atomic mass is 10.1. The van der Waals surface area contributed by atoms with E-state index in [2.05, 4.69) is 10.1 Å². The van der Waals surface area contributed by atoms with Crippen molar-refractivity contribution in [1.82, 2.24) is 10.2 Å². The van der Waals surface area contributed by atoms with Gasteiger partial charge in [0.2, 0.25) is 0 Å². The molecule has 1 aromatic rings. The number of alkyl halides is 6. The summed E-state index contributed by atoms with van der Waals surface area (Å²) >= 11 is 0. The molecule has 0 saturated carbocycles. The Bertz CT molecular complexity index is 546. The maximum absolute atomic E-state index is 12.3. The van der Waals surface area contributed by atoms with Gasteiger partial charge in [0.1, 0.15) is 5.75 Å². The zero-order valence-electron chi connectivity index (χ0n) is 13.5. The van der Waals surface area contributed by atoms with Crippen LogP contribution in [-0.4, -0.2) is 50.0 Å². The van der Waals surface area contributed by atoms with Crippen molar-refractivity contribution < 1.29 is 31.1 Å². The lowest BCUT2D eigenvalue weighted by Crippen LogP contribution is -2.33. The molecule has 1 atom stereocenters. The van der Waals surface area contributed by atoms with E-state index < -0.39 is 25.5 Å². The number of benzene rings is 1. The summed E-state index contributed by atoms with van der Waals surface area (Å²) in [5, 5.41) is 3.14. The van der Waals surface area contributed by atoms with E-state index in [4.69, 9.17) is 0 Å². The van der Waals surface area contributed by atoms with E-state index >= 15 is 0 Å². The minimum absolute atomic E-state index is 0.131. The zero-order valence-corrected chi connectivity index (χ0v) is 13.5. The fourth-order valence-electron chi connectivity index (χ4n) is 2.81. The molecule has 3 nitrogen and oxygen atoms in total. The fourth-order valence-corrected chi connectivity index (χ4v) is 2.81. The van der Waals surface area contributed by atoms with E-state index in [-0.39, 0.29) is 11.7 Å². The predicted octanol–water partition coefficient (Wildman–Crippen LogP) is 3.60. The third kappa shape index (κ3) is 7.96. The van der Waals surface area contributed by atoms with Crippen molar-refractivity contribution in [2.24, 2.45) is 5.92 Å². The highest BCUT2D eigenvalue weighted by molar-refractivity contribution is 5.28. The minimum Gasteiger partial charge on any atom is -0.484 e. The van der Waals surface area contributed by atoms with Crippen LogP contribution in [0.2, 0.25) is 0 Å². The van der Waals surface area contributed by atoms with Crippen molar-refractivity contribution in [3.8, 4) is 5.75 Å². The van der Waals surface area contributed by atoms with Crippen molar-refractivity contribution in [3.63, 3.8) is 0 Å². The van der Waals surface area contributed by atoms with E-state index in [0.717, 1.165) is 5.56 Å². The summed E-state index contributed by atoms with van der Waals surface area (Å²) in [6.45, 7) is -0.446. The van der Waals surface area contributed by atoms with Crippen molar-refractivity contribution in [2.75, 3.05) is 32.8 Å². The molecule has 1 aromatic carbocycles. The highest BCUT2D eigenvalue weighted by Gasteiger charge is 2.34. The van der Waals surface area contributed by atoms with E-state index in [9.17, 15) is 26.3 Å². The Kier molecular flexibility index (Phi) is 6.56. The van der Waals surface area contributed by atoms with Gasteiger partial charge in [-0.1, -0.05) is 12.1 Å². The molecular weight excluding hydrogens is 350 g/mol. The highest BCUT2D eigenvalue weighted by Crippen LogP contribution is 2.23. The summed E-state index contributed by atoms with van der Waals surface area (Å²) in [5.74, 6) is 0.265. The van der Waals surface area contributed by atoms with Gasteiger partial charge < -0.3 is 10.1 Å². The molecule has 9 heteroatoms. The first-order valence-electron chi connectivity index (χ1n) is 7.89. The molecule has 0 radical (unpaired) electrons. The Morgan fingerprint density at radius 1 is 1.12 bits per heavy atom. The average Bonchev–Trinajstić information content (AvgIpc) is 2.90. The highest BCUT2D eigenvalue weighted by atomic mass is 19.4. The van der Waals surface area contributed by atoms with Crippen LogP contribution in [0.5, 0.6) is 5.75 Å². The van der Waals surface area contributed by atoms with E-state index in [1.54, 1.807) is 12.1 Å². The van der Waals surface area contributed by atoms with Crippen molar-refractivity contribution >= 4 is 0 Å². The third-order valence-electron chi connectivity index (χ3n) is 3.84. The molecule has 0 amide bonds. The maximum Gasteiger partial charge on any atom is 0.422 e. The molecule has 25 heavy (non-hydrogen) atoms. The van der Waals surface area contributed by atoms with Gasteiger partial charge in [0.15, 0.2) is 6.61 Å². The molecule has 1 fully saturated rings. The van der Waals surface area contributed by atoms with Crippen LogP contribution in [-0.2, 0) is 6.54 Å². The lowest BCUT2D eigenvalue weighted by Gasteiger charge is -2.18. The largest absolute Gasteiger partial charge is 0.484 e. The van der Waals surface area contributed by atoms with Gasteiger partial charge in [0.05, 0.1) is 6.54 Å². The number of rotatable bonds is 7. The van der Waals surface area contributed by atoms with Crippen LogP contribution in [0.1, 0.15) is 12.0 Å². The first kappa shape index (κ1) is 19.8. The quantitative estimate of drug-likeness (QED) is 0.743. The summed E-state index contributed by atoms with van der Waals surface area (Å²) in [4.78, 5) is 1.39. The van der Waals surface area contributed by atoms with Crippen molar-refractivity contribution in [3.05, 3.63) is 29.8 Å². The molecule has 1 heterocycles. The summed E-state index contributed by atoms with van der Waals surface area (Å²) in [5.41, 5.74) is 0.754. The SMILES string of the molecule is FC(F)(F)COc1cccc(CNCC2CCN(CC(F)(F)F)C2)c1. The maximum atomic E-state index is 12.3. The van der Waals surface area contributed by atoms with E-state index in [1.165, 1.54) is 17.0 Å². The Labute approximate surface area is 141 Å².